The third kappa shape index (κ3) is 4.54. The molecule has 3 rings (SSSR count). The third-order valence-electron chi connectivity index (χ3n) is 4.68. The van der Waals surface area contributed by atoms with Gasteiger partial charge in [-0.1, -0.05) is 29.8 Å². The second-order valence-electron chi connectivity index (χ2n) is 7.39. The Balaban J connectivity index is 2.01. The molecule has 0 saturated carbocycles. The summed E-state index contributed by atoms with van der Waals surface area (Å²) >= 11 is 0. The summed E-state index contributed by atoms with van der Waals surface area (Å²) in [5, 5.41) is 2.97. The Morgan fingerprint density at radius 1 is 1.07 bits per heavy atom. The lowest BCUT2D eigenvalue weighted by atomic mass is 9.97. The van der Waals surface area contributed by atoms with Crippen molar-refractivity contribution in [2.45, 2.75) is 33.8 Å². The number of halogens is 1. The van der Waals surface area contributed by atoms with Gasteiger partial charge in [-0.05, 0) is 57.0 Å². The number of anilines is 1. The van der Waals surface area contributed by atoms with Gasteiger partial charge in [-0.15, -0.1) is 0 Å². The highest BCUT2D eigenvalue weighted by atomic mass is 19.1. The van der Waals surface area contributed by atoms with Crippen molar-refractivity contribution in [2.24, 2.45) is 0 Å². The molecule has 5 nitrogen and oxygen atoms in total. The number of hydrogen-bond donors (Lipinski definition) is 1. The van der Waals surface area contributed by atoms with Gasteiger partial charge in [0.15, 0.2) is 0 Å². The van der Waals surface area contributed by atoms with Crippen LogP contribution in [0.3, 0.4) is 0 Å². The van der Waals surface area contributed by atoms with Gasteiger partial charge in [0.2, 0.25) is 0 Å². The van der Waals surface area contributed by atoms with Crippen molar-refractivity contribution >= 4 is 23.1 Å². The van der Waals surface area contributed by atoms with Crippen molar-refractivity contribution in [2.75, 3.05) is 18.5 Å². The third-order valence-corrected chi connectivity index (χ3v) is 4.68. The van der Waals surface area contributed by atoms with Gasteiger partial charge in [0, 0.05) is 5.69 Å². The topological polar surface area (TPSA) is 58.6 Å². The number of aryl methyl sites for hydroxylation is 2. The SMILES string of the molecule is Cc1ccc(C2=C(Nc3cccc(F)c3)C(=O)N(CCOC(C)C)C2=O)c(C)c1. The molecule has 152 valence electrons. The first-order valence-corrected chi connectivity index (χ1v) is 9.60. The molecule has 0 aliphatic carbocycles. The molecule has 2 aromatic carbocycles. The van der Waals surface area contributed by atoms with Gasteiger partial charge in [0.1, 0.15) is 11.5 Å². The summed E-state index contributed by atoms with van der Waals surface area (Å²) in [4.78, 5) is 27.4. The molecular formula is C23H25FN2O3. The lowest BCUT2D eigenvalue weighted by molar-refractivity contribution is -0.137. The number of benzene rings is 2. The van der Waals surface area contributed by atoms with Gasteiger partial charge in [0.05, 0.1) is 24.8 Å². The summed E-state index contributed by atoms with van der Waals surface area (Å²) in [5.41, 5.74) is 3.48. The Morgan fingerprint density at radius 2 is 1.83 bits per heavy atom. The number of nitrogens with zero attached hydrogens (tertiary/aromatic N) is 1. The molecule has 2 amide bonds. The van der Waals surface area contributed by atoms with E-state index in [1.807, 2.05) is 45.9 Å². The minimum absolute atomic E-state index is 0.000492. The summed E-state index contributed by atoms with van der Waals surface area (Å²) in [5.74, 6) is -1.25. The summed E-state index contributed by atoms with van der Waals surface area (Å²) in [6, 6.07) is 11.5. The predicted octanol–water partition coefficient (Wildman–Crippen LogP) is 4.06. The van der Waals surface area contributed by atoms with Crippen LogP contribution in [-0.2, 0) is 14.3 Å². The van der Waals surface area contributed by atoms with Crippen LogP contribution >= 0.6 is 0 Å². The number of hydrogen-bond acceptors (Lipinski definition) is 4. The van der Waals surface area contributed by atoms with Crippen molar-refractivity contribution in [3.05, 3.63) is 70.7 Å². The fourth-order valence-corrected chi connectivity index (χ4v) is 3.33. The first kappa shape index (κ1) is 20.7. The highest BCUT2D eigenvalue weighted by Crippen LogP contribution is 2.32. The van der Waals surface area contributed by atoms with E-state index in [9.17, 15) is 14.0 Å². The second-order valence-corrected chi connectivity index (χ2v) is 7.39. The van der Waals surface area contributed by atoms with Crippen LogP contribution < -0.4 is 5.32 Å². The Bertz CT molecular complexity index is 982. The van der Waals surface area contributed by atoms with E-state index in [0.29, 0.717) is 16.8 Å². The number of rotatable bonds is 7. The monoisotopic (exact) mass is 396 g/mol. The Labute approximate surface area is 170 Å². The Morgan fingerprint density at radius 3 is 2.48 bits per heavy atom. The molecular weight excluding hydrogens is 371 g/mol. The van der Waals surface area contributed by atoms with Crippen molar-refractivity contribution < 1.29 is 18.7 Å². The lowest BCUT2D eigenvalue weighted by Crippen LogP contribution is -2.35. The van der Waals surface area contributed by atoms with Gasteiger partial charge in [-0.2, -0.15) is 0 Å². The summed E-state index contributed by atoms with van der Waals surface area (Å²) in [6.45, 7) is 8.06. The van der Waals surface area contributed by atoms with E-state index in [2.05, 4.69) is 5.32 Å². The number of ether oxygens (including phenoxy) is 1. The van der Waals surface area contributed by atoms with Crippen LogP contribution in [-0.4, -0.2) is 36.0 Å². The molecule has 29 heavy (non-hydrogen) atoms. The number of carbonyl (C=O) groups is 2. The normalized spacial score (nSPS) is 14.3. The molecule has 1 N–H and O–H groups in total. The van der Waals surface area contributed by atoms with Crippen LogP contribution in [0, 0.1) is 19.7 Å². The number of amides is 2. The molecule has 1 aliphatic rings. The summed E-state index contributed by atoms with van der Waals surface area (Å²) < 4.78 is 19.1. The zero-order valence-electron chi connectivity index (χ0n) is 17.1. The Hall–Kier alpha value is -2.99. The maximum Gasteiger partial charge on any atom is 0.278 e. The molecule has 0 aromatic heterocycles. The zero-order valence-corrected chi connectivity index (χ0v) is 17.1. The van der Waals surface area contributed by atoms with Gasteiger partial charge in [0.25, 0.3) is 11.8 Å². The maximum absolute atomic E-state index is 13.6. The van der Waals surface area contributed by atoms with Crippen LogP contribution in [0.5, 0.6) is 0 Å². The fraction of sp³-hybridized carbons (Fsp3) is 0.304. The van der Waals surface area contributed by atoms with E-state index >= 15 is 0 Å². The highest BCUT2D eigenvalue weighted by molar-refractivity contribution is 6.36. The molecule has 1 aliphatic heterocycles. The minimum Gasteiger partial charge on any atom is -0.377 e. The highest BCUT2D eigenvalue weighted by Gasteiger charge is 2.39. The quantitative estimate of drug-likeness (QED) is 0.717. The lowest BCUT2D eigenvalue weighted by Gasteiger charge is -2.16. The predicted molar refractivity (Wildman–Crippen MR) is 111 cm³/mol. The van der Waals surface area contributed by atoms with E-state index in [0.717, 1.165) is 11.1 Å². The van der Waals surface area contributed by atoms with Crippen molar-refractivity contribution in [3.63, 3.8) is 0 Å². The average Bonchev–Trinajstić information content (AvgIpc) is 2.86. The molecule has 0 radical (unpaired) electrons. The molecule has 6 heteroatoms. The fourth-order valence-electron chi connectivity index (χ4n) is 3.33. The number of imide groups is 1. The van der Waals surface area contributed by atoms with Crippen molar-refractivity contribution in [1.29, 1.82) is 0 Å². The van der Waals surface area contributed by atoms with E-state index < -0.39 is 11.7 Å². The molecule has 0 bridgehead atoms. The van der Waals surface area contributed by atoms with E-state index in [1.54, 1.807) is 12.1 Å². The molecule has 0 saturated heterocycles. The van der Waals surface area contributed by atoms with Crippen LogP contribution in [0.15, 0.2) is 48.2 Å². The first-order chi connectivity index (χ1) is 13.8. The van der Waals surface area contributed by atoms with Crippen LogP contribution in [0.2, 0.25) is 0 Å². The second kappa shape index (κ2) is 8.57. The van der Waals surface area contributed by atoms with Crippen molar-refractivity contribution in [3.8, 4) is 0 Å². The number of carbonyl (C=O) groups excluding carboxylic acids is 2. The van der Waals surface area contributed by atoms with E-state index in [1.165, 1.54) is 17.0 Å². The Kier molecular flexibility index (Phi) is 6.13. The van der Waals surface area contributed by atoms with E-state index in [4.69, 9.17) is 4.74 Å². The van der Waals surface area contributed by atoms with Crippen molar-refractivity contribution in [1.82, 2.24) is 4.90 Å². The number of nitrogens with one attached hydrogen (secondary N) is 1. The smallest absolute Gasteiger partial charge is 0.278 e. The maximum atomic E-state index is 13.6. The molecule has 0 unspecified atom stereocenters. The summed E-state index contributed by atoms with van der Waals surface area (Å²) in [7, 11) is 0. The molecule has 0 fully saturated rings. The van der Waals surface area contributed by atoms with Gasteiger partial charge in [-0.25, -0.2) is 4.39 Å². The first-order valence-electron chi connectivity index (χ1n) is 9.60. The molecule has 1 heterocycles. The van der Waals surface area contributed by atoms with Gasteiger partial charge in [-0.3, -0.25) is 14.5 Å². The molecule has 2 aromatic rings. The molecule has 0 atom stereocenters. The van der Waals surface area contributed by atoms with Crippen LogP contribution in [0.1, 0.15) is 30.5 Å². The minimum atomic E-state index is -0.443. The zero-order chi connectivity index (χ0) is 21.1. The standard InChI is InChI=1S/C23H25FN2O3/c1-14(2)29-11-10-26-22(27)20(19-9-8-15(3)12-16(19)4)21(23(26)28)25-18-7-5-6-17(24)13-18/h5-9,12-14,25H,10-11H2,1-4H3. The molecule has 0 spiro atoms. The summed E-state index contributed by atoms with van der Waals surface area (Å²) in [6.07, 6.45) is -0.000492. The average molecular weight is 396 g/mol. The van der Waals surface area contributed by atoms with Crippen LogP contribution in [0.4, 0.5) is 10.1 Å². The largest absolute Gasteiger partial charge is 0.377 e. The van der Waals surface area contributed by atoms with Gasteiger partial charge >= 0.3 is 0 Å². The van der Waals surface area contributed by atoms with Crippen LogP contribution in [0.25, 0.3) is 5.57 Å². The van der Waals surface area contributed by atoms with E-state index in [-0.39, 0.29) is 30.9 Å². The van der Waals surface area contributed by atoms with Gasteiger partial charge < -0.3 is 10.1 Å².